The maximum absolute atomic E-state index is 16.3. The standard InChI is InChI=1S/C50H10F16N8/c1-69-18-9-7-17(8-10-18)25-27(29(32-38(55)47(63)73-48(64)39(32)56)33-40(57)49(65)74-50(66)41(33)58)21-11-19-20(12-22(21)42(25)70-2)26(24(23(19)14-68)16-5-3-15(13-67)4-6-16)28(30-34(51)43(59)71-44(60)35(30)52)31-36(53)45(61)72-46(62)37(31)54/h3-12H. The van der Waals surface area contributed by atoms with Crippen LogP contribution in [0.1, 0.15) is 61.2 Å². The van der Waals surface area contributed by atoms with Crippen LogP contribution in [-0.2, 0) is 0 Å². The van der Waals surface area contributed by atoms with Crippen LogP contribution in [0.5, 0.6) is 0 Å². The molecule has 0 amide bonds. The van der Waals surface area contributed by atoms with Crippen LogP contribution in [-0.4, -0.2) is 19.9 Å². The molecule has 0 N–H and O–H groups in total. The van der Waals surface area contributed by atoms with Crippen LogP contribution in [0.15, 0.2) is 60.7 Å². The number of allylic oxidation sites excluding steroid dienone is 5. The lowest BCUT2D eigenvalue weighted by atomic mass is 9.83. The van der Waals surface area contributed by atoms with Crippen molar-refractivity contribution in [1.82, 2.24) is 19.9 Å². The zero-order valence-corrected chi connectivity index (χ0v) is 35.4. The van der Waals surface area contributed by atoms with Gasteiger partial charge in [-0.3, -0.25) is 0 Å². The van der Waals surface area contributed by atoms with Gasteiger partial charge in [-0.2, -0.15) is 65.6 Å². The van der Waals surface area contributed by atoms with Gasteiger partial charge in [-0.25, -0.2) is 44.8 Å². The summed E-state index contributed by atoms with van der Waals surface area (Å²) < 4.78 is 252. The third-order valence-corrected chi connectivity index (χ3v) is 11.5. The summed E-state index contributed by atoms with van der Waals surface area (Å²) in [5.41, 5.74) is -22.9. The van der Waals surface area contributed by atoms with E-state index in [1.54, 1.807) is 12.1 Å². The number of hydrogen-bond donors (Lipinski definition) is 0. The molecule has 24 heteroatoms. The van der Waals surface area contributed by atoms with Crippen molar-refractivity contribution in [3.8, 4) is 12.1 Å². The van der Waals surface area contributed by atoms with Crippen molar-refractivity contribution in [2.24, 2.45) is 0 Å². The van der Waals surface area contributed by atoms with E-state index in [4.69, 9.17) is 13.1 Å². The molecule has 8 nitrogen and oxygen atoms in total. The van der Waals surface area contributed by atoms with Gasteiger partial charge in [0.05, 0.1) is 52.6 Å². The summed E-state index contributed by atoms with van der Waals surface area (Å²) in [6.07, 6.45) is 0. The van der Waals surface area contributed by atoms with Gasteiger partial charge < -0.3 is 0 Å². The zero-order valence-electron chi connectivity index (χ0n) is 35.4. The van der Waals surface area contributed by atoms with Gasteiger partial charge in [0.1, 0.15) is 6.07 Å². The summed E-state index contributed by atoms with van der Waals surface area (Å²) in [5, 5.41) is 20.6. The molecule has 362 valence electrons. The first-order valence-electron chi connectivity index (χ1n) is 20.0. The number of benzene rings is 3. The Bertz CT molecular complexity index is 3560. The molecule has 0 fully saturated rings. The smallest absolute Gasteiger partial charge is 0.238 e. The normalized spacial score (nSPS) is 12.6. The van der Waals surface area contributed by atoms with Gasteiger partial charge in [0.15, 0.2) is 52.2 Å². The lowest BCUT2D eigenvalue weighted by Crippen LogP contribution is -2.13. The second kappa shape index (κ2) is 18.0. The van der Waals surface area contributed by atoms with E-state index < -0.39 is 194 Å². The Labute approximate surface area is 401 Å². The average molecular weight is 1030 g/mol. The molecule has 74 heavy (non-hydrogen) atoms. The minimum atomic E-state index is -2.60. The Morgan fingerprint density at radius 3 is 1.05 bits per heavy atom. The zero-order chi connectivity index (χ0) is 53.5. The molecule has 2 aliphatic rings. The average Bonchev–Trinajstić information content (AvgIpc) is 3.88. The molecular formula is C50H10F16N8. The lowest BCUT2D eigenvalue weighted by Gasteiger charge is -2.21. The van der Waals surface area contributed by atoms with Gasteiger partial charge in [0, 0.05) is 27.9 Å². The Hall–Kier alpha value is -9.94. The molecule has 3 aromatic carbocycles. The van der Waals surface area contributed by atoms with Gasteiger partial charge in [-0.1, -0.05) is 42.5 Å². The number of nitrogens with zero attached hydrogens (tertiary/aromatic N) is 8. The fourth-order valence-electron chi connectivity index (χ4n) is 8.51. The van der Waals surface area contributed by atoms with Crippen LogP contribution in [0.2, 0.25) is 0 Å². The molecule has 0 aliphatic heterocycles. The molecule has 7 aromatic rings. The molecule has 0 atom stereocenters. The van der Waals surface area contributed by atoms with E-state index in [0.29, 0.717) is 12.1 Å². The highest BCUT2D eigenvalue weighted by Gasteiger charge is 2.43. The third kappa shape index (κ3) is 7.30. The van der Waals surface area contributed by atoms with Crippen molar-refractivity contribution in [2.45, 2.75) is 0 Å². The van der Waals surface area contributed by atoms with Crippen molar-refractivity contribution in [3.63, 3.8) is 0 Å². The number of aromatic nitrogens is 4. The van der Waals surface area contributed by atoms with E-state index in [2.05, 4.69) is 29.6 Å². The fourth-order valence-corrected chi connectivity index (χ4v) is 8.51. The largest absolute Gasteiger partial charge is 0.252 e. The Morgan fingerprint density at radius 1 is 0.392 bits per heavy atom. The Kier molecular flexibility index (Phi) is 12.0. The second-order valence-corrected chi connectivity index (χ2v) is 15.3. The number of nitriles is 2. The minimum absolute atomic E-state index is 0.156. The van der Waals surface area contributed by atoms with Gasteiger partial charge >= 0.3 is 0 Å². The molecule has 0 spiro atoms. The molecular weight excluding hydrogens is 1020 g/mol. The van der Waals surface area contributed by atoms with Crippen molar-refractivity contribution in [3.05, 3.63) is 239 Å². The summed E-state index contributed by atoms with van der Waals surface area (Å²) in [6.45, 7) is 15.8. The molecule has 0 bridgehead atoms. The maximum atomic E-state index is 16.3. The van der Waals surface area contributed by atoms with E-state index in [9.17, 15) is 10.5 Å². The van der Waals surface area contributed by atoms with E-state index in [1.165, 1.54) is 0 Å². The van der Waals surface area contributed by atoms with Crippen molar-refractivity contribution < 1.29 is 70.2 Å². The maximum Gasteiger partial charge on any atom is 0.252 e. The number of rotatable bonds is 6. The summed E-state index contributed by atoms with van der Waals surface area (Å²) in [6, 6.07) is 12.6. The van der Waals surface area contributed by atoms with Crippen LogP contribution >= 0.6 is 0 Å². The molecule has 0 radical (unpaired) electrons. The molecule has 0 saturated carbocycles. The minimum Gasteiger partial charge on any atom is -0.238 e. The Morgan fingerprint density at radius 2 is 0.716 bits per heavy atom. The van der Waals surface area contributed by atoms with Gasteiger partial charge in [0.25, 0.3) is 47.6 Å². The first kappa shape index (κ1) is 49.1. The summed E-state index contributed by atoms with van der Waals surface area (Å²) >= 11 is 0. The molecule has 4 heterocycles. The van der Waals surface area contributed by atoms with Crippen LogP contribution in [0.4, 0.5) is 75.9 Å². The van der Waals surface area contributed by atoms with Gasteiger partial charge in [-0.05, 0) is 57.2 Å². The first-order valence-corrected chi connectivity index (χ1v) is 20.0. The predicted molar refractivity (Wildman–Crippen MR) is 224 cm³/mol. The van der Waals surface area contributed by atoms with Crippen molar-refractivity contribution in [2.75, 3.05) is 0 Å². The number of pyridine rings is 4. The number of fused-ring (bicyclic) bond motifs is 2. The predicted octanol–water partition coefficient (Wildman–Crippen LogP) is 13.1. The van der Waals surface area contributed by atoms with Crippen LogP contribution in [0, 0.1) is 130 Å². The summed E-state index contributed by atoms with van der Waals surface area (Å²) in [7, 11) is 0. The first-order chi connectivity index (χ1) is 35.2. The third-order valence-electron chi connectivity index (χ3n) is 11.5. The summed E-state index contributed by atoms with van der Waals surface area (Å²) in [5.74, 6) is -41.1. The number of hydrogen-bond acceptors (Lipinski definition) is 6. The van der Waals surface area contributed by atoms with E-state index in [1.807, 2.05) is 0 Å². The second-order valence-electron chi connectivity index (χ2n) is 15.3. The quantitative estimate of drug-likeness (QED) is 0.0933. The van der Waals surface area contributed by atoms with E-state index in [-0.39, 0.29) is 11.3 Å². The highest BCUT2D eigenvalue weighted by Crippen LogP contribution is 2.59. The lowest BCUT2D eigenvalue weighted by molar-refractivity contribution is 0.398. The van der Waals surface area contributed by atoms with Gasteiger partial charge in [0.2, 0.25) is 5.70 Å². The highest BCUT2D eigenvalue weighted by molar-refractivity contribution is 6.34. The van der Waals surface area contributed by atoms with E-state index >= 15 is 70.2 Å². The molecule has 9 rings (SSSR count). The van der Waals surface area contributed by atoms with Crippen LogP contribution < -0.4 is 0 Å². The SMILES string of the molecule is [C-]#[N+]C1=C(c2ccc([N+]#[C-])cc2)C(=C(c2c(F)c(F)nc(F)c2F)c2c(F)c(F)nc(F)c2F)c2cc3c(cc21)C(=C(c1c(F)c(F)nc(F)c1F)c1c(F)c(F)nc(F)c1F)C(c1ccc(C#N)cc1)=C3C#N. The molecule has 4 aromatic heterocycles. The summed E-state index contributed by atoms with van der Waals surface area (Å²) in [4.78, 5) is 16.2. The van der Waals surface area contributed by atoms with Crippen molar-refractivity contribution in [1.29, 1.82) is 10.5 Å². The highest BCUT2D eigenvalue weighted by atomic mass is 19.2. The van der Waals surface area contributed by atoms with Gasteiger partial charge in [-0.15, -0.1) is 0 Å². The molecule has 2 aliphatic carbocycles. The number of halogens is 16. The Balaban J connectivity index is 1.60. The van der Waals surface area contributed by atoms with Crippen LogP contribution in [0.3, 0.4) is 0 Å². The molecule has 0 unspecified atom stereocenters. The topological polar surface area (TPSA) is 108 Å². The van der Waals surface area contributed by atoms with Crippen LogP contribution in [0.25, 0.3) is 54.4 Å². The van der Waals surface area contributed by atoms with E-state index in [0.717, 1.165) is 48.5 Å². The van der Waals surface area contributed by atoms with Crippen molar-refractivity contribution >= 4 is 50.4 Å². The fraction of sp³-hybridized carbons (Fsp3) is 0. The monoisotopic (exact) mass is 1030 g/mol. The molecule has 0 saturated heterocycles.